The highest BCUT2D eigenvalue weighted by Crippen LogP contribution is 2.20. The second-order valence-corrected chi connectivity index (χ2v) is 4.41. The van der Waals surface area contributed by atoms with Gasteiger partial charge in [-0.15, -0.1) is 0 Å². The van der Waals surface area contributed by atoms with Crippen LogP contribution in [0.5, 0.6) is 0 Å². The van der Waals surface area contributed by atoms with E-state index in [1.807, 2.05) is 0 Å². The Kier molecular flexibility index (Phi) is 4.26. The normalized spacial score (nSPS) is 35.1. The van der Waals surface area contributed by atoms with Gasteiger partial charge in [-0.3, -0.25) is 0 Å². The van der Waals surface area contributed by atoms with Gasteiger partial charge in [-0.05, 0) is 26.3 Å². The van der Waals surface area contributed by atoms with E-state index in [1.165, 1.54) is 0 Å². The SMILES string of the molecule is CC1CN(C)C(C)CC1NCC(F)F. The van der Waals surface area contributed by atoms with Crippen LogP contribution in [0.1, 0.15) is 20.3 Å². The molecule has 1 aliphatic heterocycles. The summed E-state index contributed by atoms with van der Waals surface area (Å²) in [6, 6.07) is 0.733. The zero-order valence-corrected chi connectivity index (χ0v) is 9.13. The third-order valence-corrected chi connectivity index (χ3v) is 3.14. The Bertz CT molecular complexity index is 176. The number of piperidine rings is 1. The van der Waals surface area contributed by atoms with Crippen LogP contribution >= 0.6 is 0 Å². The van der Waals surface area contributed by atoms with Gasteiger partial charge in [-0.2, -0.15) is 0 Å². The van der Waals surface area contributed by atoms with E-state index in [4.69, 9.17) is 0 Å². The molecule has 4 heteroatoms. The minimum atomic E-state index is -2.24. The Morgan fingerprint density at radius 2 is 2.07 bits per heavy atom. The molecule has 0 saturated carbocycles. The molecule has 0 spiro atoms. The van der Waals surface area contributed by atoms with Gasteiger partial charge in [0.15, 0.2) is 0 Å². The lowest BCUT2D eigenvalue weighted by Gasteiger charge is -2.40. The van der Waals surface area contributed by atoms with E-state index in [0.29, 0.717) is 12.0 Å². The highest BCUT2D eigenvalue weighted by molar-refractivity contribution is 4.86. The fourth-order valence-corrected chi connectivity index (χ4v) is 2.07. The molecular formula is C10H20F2N2. The van der Waals surface area contributed by atoms with Gasteiger partial charge in [0.2, 0.25) is 0 Å². The highest BCUT2D eigenvalue weighted by atomic mass is 19.3. The first-order valence-electron chi connectivity index (χ1n) is 5.22. The second kappa shape index (κ2) is 5.03. The van der Waals surface area contributed by atoms with Gasteiger partial charge in [0.05, 0.1) is 6.54 Å². The van der Waals surface area contributed by atoms with Crippen LogP contribution in [0.2, 0.25) is 0 Å². The molecule has 0 aliphatic carbocycles. The third-order valence-electron chi connectivity index (χ3n) is 3.14. The van der Waals surface area contributed by atoms with Crippen LogP contribution < -0.4 is 5.32 Å². The van der Waals surface area contributed by atoms with Crippen molar-refractivity contribution in [1.29, 1.82) is 0 Å². The van der Waals surface area contributed by atoms with Crippen molar-refractivity contribution in [3.05, 3.63) is 0 Å². The van der Waals surface area contributed by atoms with Crippen LogP contribution in [0.25, 0.3) is 0 Å². The van der Waals surface area contributed by atoms with Crippen molar-refractivity contribution in [2.75, 3.05) is 20.1 Å². The van der Waals surface area contributed by atoms with E-state index < -0.39 is 6.43 Å². The van der Waals surface area contributed by atoms with E-state index in [1.54, 1.807) is 0 Å². The summed E-state index contributed by atoms with van der Waals surface area (Å²) >= 11 is 0. The number of alkyl halides is 2. The molecule has 2 nitrogen and oxygen atoms in total. The van der Waals surface area contributed by atoms with E-state index in [2.05, 4.69) is 31.1 Å². The molecule has 0 amide bonds. The predicted molar refractivity (Wildman–Crippen MR) is 53.7 cm³/mol. The molecule has 1 fully saturated rings. The minimum absolute atomic E-state index is 0.175. The molecule has 0 aromatic rings. The quantitative estimate of drug-likeness (QED) is 0.754. The van der Waals surface area contributed by atoms with Crippen LogP contribution in [0, 0.1) is 5.92 Å². The van der Waals surface area contributed by atoms with Crippen LogP contribution in [0.3, 0.4) is 0 Å². The second-order valence-electron chi connectivity index (χ2n) is 4.41. The number of halogens is 2. The van der Waals surface area contributed by atoms with E-state index in [9.17, 15) is 8.78 Å². The van der Waals surface area contributed by atoms with Crippen LogP contribution in [0.15, 0.2) is 0 Å². The van der Waals surface area contributed by atoms with Gasteiger partial charge in [0.1, 0.15) is 0 Å². The lowest BCUT2D eigenvalue weighted by Crippen LogP contribution is -2.51. The predicted octanol–water partition coefficient (Wildman–Crippen LogP) is 1.57. The standard InChI is InChI=1S/C10H20F2N2/c1-7-6-14(3)8(2)4-9(7)13-5-10(11)12/h7-10,13H,4-6H2,1-3H3. The summed E-state index contributed by atoms with van der Waals surface area (Å²) in [7, 11) is 2.09. The number of hydrogen-bond donors (Lipinski definition) is 1. The number of likely N-dealkylation sites (tertiary alicyclic amines) is 1. The average Bonchev–Trinajstić information content (AvgIpc) is 2.09. The number of rotatable bonds is 3. The Balaban J connectivity index is 2.37. The van der Waals surface area contributed by atoms with Gasteiger partial charge in [0, 0.05) is 18.6 Å². The molecule has 1 aliphatic rings. The van der Waals surface area contributed by atoms with Crippen LogP contribution in [-0.4, -0.2) is 43.5 Å². The molecule has 3 atom stereocenters. The summed E-state index contributed by atoms with van der Waals surface area (Å²) in [5, 5.41) is 2.95. The fourth-order valence-electron chi connectivity index (χ4n) is 2.07. The van der Waals surface area contributed by atoms with Gasteiger partial charge < -0.3 is 10.2 Å². The van der Waals surface area contributed by atoms with Gasteiger partial charge >= 0.3 is 0 Å². The van der Waals surface area contributed by atoms with Gasteiger partial charge in [-0.1, -0.05) is 6.92 Å². The van der Waals surface area contributed by atoms with Crippen molar-refractivity contribution in [2.45, 2.75) is 38.8 Å². The smallest absolute Gasteiger partial charge is 0.250 e. The Hall–Kier alpha value is -0.220. The lowest BCUT2D eigenvalue weighted by atomic mass is 9.90. The number of nitrogens with zero attached hydrogens (tertiary/aromatic N) is 1. The molecule has 1 heterocycles. The first-order chi connectivity index (χ1) is 6.50. The summed E-state index contributed by atoms with van der Waals surface area (Å²) in [5.41, 5.74) is 0. The number of nitrogens with one attached hydrogen (secondary N) is 1. The fraction of sp³-hybridized carbons (Fsp3) is 1.00. The molecule has 0 bridgehead atoms. The molecule has 1 saturated heterocycles. The lowest BCUT2D eigenvalue weighted by molar-refractivity contribution is 0.0964. The summed E-state index contributed by atoms with van der Waals surface area (Å²) < 4.78 is 24.0. The maximum Gasteiger partial charge on any atom is 0.250 e. The average molecular weight is 206 g/mol. The first kappa shape index (κ1) is 11.9. The van der Waals surface area contributed by atoms with E-state index >= 15 is 0 Å². The third kappa shape index (κ3) is 3.17. The van der Waals surface area contributed by atoms with Crippen molar-refractivity contribution in [3.8, 4) is 0 Å². The van der Waals surface area contributed by atoms with E-state index in [-0.39, 0.29) is 12.6 Å². The largest absolute Gasteiger partial charge is 0.308 e. The minimum Gasteiger partial charge on any atom is -0.308 e. The zero-order valence-electron chi connectivity index (χ0n) is 9.13. The van der Waals surface area contributed by atoms with Crippen molar-refractivity contribution in [3.63, 3.8) is 0 Å². The van der Waals surface area contributed by atoms with Gasteiger partial charge in [0.25, 0.3) is 6.43 Å². The Labute approximate surface area is 84.7 Å². The van der Waals surface area contributed by atoms with Gasteiger partial charge in [-0.25, -0.2) is 8.78 Å². The molecule has 0 aromatic heterocycles. The van der Waals surface area contributed by atoms with Crippen molar-refractivity contribution >= 4 is 0 Å². The molecule has 3 unspecified atom stereocenters. The molecule has 0 aromatic carbocycles. The molecular weight excluding hydrogens is 186 g/mol. The maximum atomic E-state index is 12.0. The zero-order chi connectivity index (χ0) is 10.7. The van der Waals surface area contributed by atoms with Crippen molar-refractivity contribution in [1.82, 2.24) is 10.2 Å². The van der Waals surface area contributed by atoms with Crippen molar-refractivity contribution in [2.24, 2.45) is 5.92 Å². The highest BCUT2D eigenvalue weighted by Gasteiger charge is 2.28. The molecule has 0 radical (unpaired) electrons. The summed E-state index contributed by atoms with van der Waals surface area (Å²) in [4.78, 5) is 2.28. The number of hydrogen-bond acceptors (Lipinski definition) is 2. The van der Waals surface area contributed by atoms with Crippen molar-refractivity contribution < 1.29 is 8.78 Å². The van der Waals surface area contributed by atoms with Crippen LogP contribution in [-0.2, 0) is 0 Å². The monoisotopic (exact) mass is 206 g/mol. The summed E-state index contributed by atoms with van der Waals surface area (Å²) in [6.07, 6.45) is -1.28. The maximum absolute atomic E-state index is 12.0. The summed E-state index contributed by atoms with van der Waals surface area (Å²) in [6.45, 7) is 5.07. The first-order valence-corrected chi connectivity index (χ1v) is 5.22. The molecule has 84 valence electrons. The van der Waals surface area contributed by atoms with E-state index in [0.717, 1.165) is 13.0 Å². The Morgan fingerprint density at radius 1 is 1.43 bits per heavy atom. The molecule has 1 N–H and O–H groups in total. The summed E-state index contributed by atoms with van der Waals surface area (Å²) in [5.74, 6) is 0.454. The molecule has 1 rings (SSSR count). The van der Waals surface area contributed by atoms with Crippen LogP contribution in [0.4, 0.5) is 8.78 Å². The topological polar surface area (TPSA) is 15.3 Å². The molecule has 14 heavy (non-hydrogen) atoms. The Morgan fingerprint density at radius 3 is 2.64 bits per heavy atom.